The number of aliphatic carboxylic acids is 1. The Kier molecular flexibility index (Phi) is 7.81. The van der Waals surface area contributed by atoms with Crippen LogP contribution in [0.25, 0.3) is 0 Å². The third-order valence-corrected chi connectivity index (χ3v) is 4.64. The second-order valence-corrected chi connectivity index (χ2v) is 6.81. The number of carbonyl (C=O) groups is 1. The molecule has 27 heavy (non-hydrogen) atoms. The minimum absolute atomic E-state index is 0.0720. The maximum Gasteiger partial charge on any atom is 0.229 e. The van der Waals surface area contributed by atoms with Crippen molar-refractivity contribution in [3.8, 4) is 11.5 Å². The lowest BCUT2D eigenvalue weighted by Gasteiger charge is -2.40. The highest BCUT2D eigenvalue weighted by atomic mass is 16.7. The van der Waals surface area contributed by atoms with E-state index in [1.54, 1.807) is 0 Å². The lowest BCUT2D eigenvalue weighted by molar-refractivity contribution is -0.425. The summed E-state index contributed by atoms with van der Waals surface area (Å²) >= 11 is 0. The molecular weight excluding hydrogens is 358 g/mol. The fourth-order valence-corrected chi connectivity index (χ4v) is 3.01. The summed E-state index contributed by atoms with van der Waals surface area (Å²) in [4.78, 5) is 10.8. The Morgan fingerprint density at radius 3 is 2.22 bits per heavy atom. The number of phenols is 1. The minimum atomic E-state index is -1.86. The maximum absolute atomic E-state index is 10.8. The van der Waals surface area contributed by atoms with E-state index in [0.29, 0.717) is 0 Å². The molecule has 0 amide bonds. The zero-order chi connectivity index (χ0) is 20.0. The van der Waals surface area contributed by atoms with Gasteiger partial charge in [0.25, 0.3) is 0 Å². The summed E-state index contributed by atoms with van der Waals surface area (Å²) in [5, 5.41) is 49.0. The number of benzene rings is 1. The molecule has 2 fully saturated rings. The SMILES string of the molecule is O=C([O-])C1OC(Oc2ccccc2O)C(O)C(O)C1O.[NH3+]C1CCCCC1. The van der Waals surface area contributed by atoms with Gasteiger partial charge in [-0.25, -0.2) is 0 Å². The van der Waals surface area contributed by atoms with Gasteiger partial charge >= 0.3 is 0 Å². The molecule has 5 atom stereocenters. The molecule has 3 rings (SSSR count). The number of para-hydroxylation sites is 2. The molecule has 9 nitrogen and oxygen atoms in total. The molecule has 1 heterocycles. The predicted octanol–water partition coefficient (Wildman–Crippen LogP) is -2.11. The van der Waals surface area contributed by atoms with Gasteiger partial charge in [-0.15, -0.1) is 0 Å². The highest BCUT2D eigenvalue weighted by molar-refractivity contribution is 5.71. The lowest BCUT2D eigenvalue weighted by atomic mass is 9.97. The molecule has 0 spiro atoms. The first-order valence-corrected chi connectivity index (χ1v) is 8.99. The third kappa shape index (κ3) is 5.78. The zero-order valence-electron chi connectivity index (χ0n) is 14.9. The predicted molar refractivity (Wildman–Crippen MR) is 90.2 cm³/mol. The van der Waals surface area contributed by atoms with Gasteiger partial charge in [-0.1, -0.05) is 18.6 Å². The topological polar surface area (TPSA) is 167 Å². The number of aliphatic hydroxyl groups is 3. The molecular formula is C18H27NO8. The molecule has 1 saturated carbocycles. The van der Waals surface area contributed by atoms with Crippen molar-refractivity contribution < 1.29 is 45.5 Å². The highest BCUT2D eigenvalue weighted by Crippen LogP contribution is 2.29. The van der Waals surface area contributed by atoms with E-state index < -0.39 is 36.7 Å². The van der Waals surface area contributed by atoms with Crippen molar-refractivity contribution in [2.24, 2.45) is 0 Å². The van der Waals surface area contributed by atoms with Gasteiger partial charge in [0.1, 0.15) is 24.4 Å². The average Bonchev–Trinajstić information content (AvgIpc) is 2.64. The summed E-state index contributed by atoms with van der Waals surface area (Å²) in [6.07, 6.45) is -1.72. The van der Waals surface area contributed by atoms with E-state index >= 15 is 0 Å². The molecule has 1 aromatic carbocycles. The first kappa shape index (κ1) is 21.4. The van der Waals surface area contributed by atoms with Crippen molar-refractivity contribution >= 4 is 5.97 Å². The summed E-state index contributed by atoms with van der Waals surface area (Å²) in [5.41, 5.74) is 4.00. The first-order chi connectivity index (χ1) is 12.8. The fraction of sp³-hybridized carbons (Fsp3) is 0.611. The van der Waals surface area contributed by atoms with Gasteiger partial charge in [0.15, 0.2) is 11.5 Å². The number of ether oxygens (including phenoxy) is 2. The van der Waals surface area contributed by atoms with Crippen LogP contribution in [0.15, 0.2) is 24.3 Å². The monoisotopic (exact) mass is 385 g/mol. The highest BCUT2D eigenvalue weighted by Gasteiger charge is 2.45. The Morgan fingerprint density at radius 1 is 1.07 bits per heavy atom. The van der Waals surface area contributed by atoms with Gasteiger partial charge in [0, 0.05) is 0 Å². The molecule has 1 aliphatic heterocycles. The van der Waals surface area contributed by atoms with Crippen molar-refractivity contribution in [1.29, 1.82) is 0 Å². The van der Waals surface area contributed by atoms with E-state index in [0.717, 1.165) is 6.04 Å². The molecule has 5 unspecified atom stereocenters. The number of aromatic hydroxyl groups is 1. The second-order valence-electron chi connectivity index (χ2n) is 6.81. The number of carboxylic acid groups (broad SMARTS) is 1. The number of quaternary nitrogens is 1. The molecule has 1 aliphatic carbocycles. The van der Waals surface area contributed by atoms with Crippen molar-refractivity contribution in [2.75, 3.05) is 0 Å². The van der Waals surface area contributed by atoms with E-state index in [1.165, 1.54) is 56.4 Å². The van der Waals surface area contributed by atoms with Crippen LogP contribution in [-0.2, 0) is 9.53 Å². The summed E-state index contributed by atoms with van der Waals surface area (Å²) in [7, 11) is 0. The van der Waals surface area contributed by atoms with Crippen molar-refractivity contribution in [3.05, 3.63) is 24.3 Å². The van der Waals surface area contributed by atoms with Crippen LogP contribution >= 0.6 is 0 Å². The van der Waals surface area contributed by atoms with Crippen molar-refractivity contribution in [1.82, 2.24) is 0 Å². The number of hydrogen-bond acceptors (Lipinski definition) is 8. The Balaban J connectivity index is 0.000000313. The Hall–Kier alpha value is -1.91. The Bertz CT molecular complexity index is 607. The first-order valence-electron chi connectivity index (χ1n) is 8.99. The number of aliphatic hydroxyl groups excluding tert-OH is 3. The van der Waals surface area contributed by atoms with Crippen LogP contribution in [0.4, 0.5) is 0 Å². The van der Waals surface area contributed by atoms with Crippen LogP contribution in [0.2, 0.25) is 0 Å². The number of phenolic OH excluding ortho intramolecular Hbond substituents is 1. The van der Waals surface area contributed by atoms with E-state index in [2.05, 4.69) is 5.73 Å². The molecule has 0 radical (unpaired) electrons. The molecule has 0 aromatic heterocycles. The van der Waals surface area contributed by atoms with Crippen LogP contribution in [-0.4, -0.2) is 63.1 Å². The van der Waals surface area contributed by atoms with Gasteiger partial charge in [-0.3, -0.25) is 0 Å². The van der Waals surface area contributed by atoms with Gasteiger partial charge in [-0.05, 0) is 37.8 Å². The quantitative estimate of drug-likeness (QED) is 0.394. The molecule has 9 heteroatoms. The van der Waals surface area contributed by atoms with Crippen LogP contribution in [0.5, 0.6) is 11.5 Å². The van der Waals surface area contributed by atoms with E-state index in [4.69, 9.17) is 9.47 Å². The summed E-state index contributed by atoms with van der Waals surface area (Å²) in [6, 6.07) is 6.52. The number of rotatable bonds is 3. The smallest absolute Gasteiger partial charge is 0.229 e. The molecule has 1 saturated heterocycles. The number of carboxylic acids is 1. The number of hydrogen-bond donors (Lipinski definition) is 5. The summed E-state index contributed by atoms with van der Waals surface area (Å²) < 4.78 is 9.96. The van der Waals surface area contributed by atoms with Gasteiger partial charge in [0.05, 0.1) is 12.0 Å². The maximum atomic E-state index is 10.8. The third-order valence-electron chi connectivity index (χ3n) is 4.64. The van der Waals surface area contributed by atoms with E-state index in [-0.39, 0.29) is 11.5 Å². The Morgan fingerprint density at radius 2 is 1.70 bits per heavy atom. The van der Waals surface area contributed by atoms with Crippen LogP contribution in [0, 0.1) is 0 Å². The summed E-state index contributed by atoms with van der Waals surface area (Å²) in [6.45, 7) is 0. The normalized spacial score (nSPS) is 31.5. The molecule has 152 valence electrons. The largest absolute Gasteiger partial charge is 0.547 e. The standard InChI is InChI=1S/C12H14O8.C6H13N/c13-5-3-1-2-4-6(5)19-12-9(16)7(14)8(15)10(20-12)11(17)18;7-6-4-2-1-3-5-6/h1-4,7-10,12-16H,(H,17,18);6H,1-5,7H2. The van der Waals surface area contributed by atoms with Crippen molar-refractivity contribution in [3.63, 3.8) is 0 Å². The zero-order valence-corrected chi connectivity index (χ0v) is 14.9. The van der Waals surface area contributed by atoms with E-state index in [9.17, 15) is 30.3 Å². The van der Waals surface area contributed by atoms with Gasteiger partial charge in [-0.2, -0.15) is 0 Å². The fourth-order valence-electron chi connectivity index (χ4n) is 3.01. The van der Waals surface area contributed by atoms with E-state index in [1.807, 2.05) is 0 Å². The molecule has 1 aromatic rings. The second kappa shape index (κ2) is 9.86. The molecule has 7 N–H and O–H groups in total. The van der Waals surface area contributed by atoms with Gasteiger partial charge < -0.3 is 45.5 Å². The molecule has 0 bridgehead atoms. The minimum Gasteiger partial charge on any atom is -0.547 e. The van der Waals surface area contributed by atoms with Gasteiger partial charge in [0.2, 0.25) is 6.29 Å². The number of carbonyl (C=O) groups excluding carboxylic acids is 1. The average molecular weight is 385 g/mol. The van der Waals surface area contributed by atoms with Crippen LogP contribution in [0.1, 0.15) is 32.1 Å². The summed E-state index contributed by atoms with van der Waals surface area (Å²) in [5.74, 6) is -2.08. The lowest BCUT2D eigenvalue weighted by Crippen LogP contribution is -2.63. The van der Waals surface area contributed by atoms with Crippen LogP contribution in [0.3, 0.4) is 0 Å². The Labute approximate surface area is 157 Å². The molecule has 2 aliphatic rings. The van der Waals surface area contributed by atoms with Crippen molar-refractivity contribution in [2.45, 2.75) is 68.9 Å². The van der Waals surface area contributed by atoms with Crippen LogP contribution < -0.4 is 15.6 Å².